The Morgan fingerprint density at radius 1 is 1.08 bits per heavy atom. The number of ether oxygens (including phenoxy) is 5. The number of alkyl halides is 2. The Hall–Kier alpha value is -2.79. The van der Waals surface area contributed by atoms with Gasteiger partial charge < -0.3 is 23.7 Å². The number of esters is 5. The average Bonchev–Trinajstić information content (AvgIpc) is 3.13. The van der Waals surface area contributed by atoms with Gasteiger partial charge >= 0.3 is 29.8 Å². The zero-order valence-corrected chi connectivity index (χ0v) is 22.5. The lowest BCUT2D eigenvalue weighted by Gasteiger charge is -2.46. The lowest BCUT2D eigenvalue weighted by atomic mass is 9.68. The molecular weight excluding hydrogens is 522 g/mol. The number of hydrogen-bond donors (Lipinski definition) is 0. The van der Waals surface area contributed by atoms with E-state index >= 15 is 0 Å². The maximum atomic E-state index is 14.7. The third-order valence-electron chi connectivity index (χ3n) is 8.86. The summed E-state index contributed by atoms with van der Waals surface area (Å²) in [4.78, 5) is 62.9. The smallest absolute Gasteiger partial charge is 0.347 e. The van der Waals surface area contributed by atoms with Crippen LogP contribution in [0.1, 0.15) is 66.2 Å². The van der Waals surface area contributed by atoms with Crippen molar-refractivity contribution in [2.75, 3.05) is 13.2 Å². The maximum absolute atomic E-state index is 14.7. The number of carbonyl (C=O) groups is 5. The van der Waals surface area contributed by atoms with Crippen LogP contribution in [0.5, 0.6) is 0 Å². The Bertz CT molecular complexity index is 1100. The summed E-state index contributed by atoms with van der Waals surface area (Å²) >= 11 is 0. The predicted octanol–water partition coefficient (Wildman–Crippen LogP) is 2.74. The predicted molar refractivity (Wildman–Crippen MR) is 125 cm³/mol. The number of rotatable bonds is 9. The van der Waals surface area contributed by atoms with E-state index in [4.69, 9.17) is 23.7 Å². The van der Waals surface area contributed by atoms with Gasteiger partial charge in [0.25, 0.3) is 5.92 Å². The van der Waals surface area contributed by atoms with Crippen LogP contribution in [0.4, 0.5) is 8.78 Å². The first-order valence-electron chi connectivity index (χ1n) is 13.4. The lowest BCUT2D eigenvalue weighted by molar-refractivity contribution is -0.222. The molecule has 4 bridgehead atoms. The van der Waals surface area contributed by atoms with E-state index in [-0.39, 0.29) is 36.7 Å². The Kier molecular flexibility index (Phi) is 6.49. The molecular formula is C27H34F2O10. The van der Waals surface area contributed by atoms with E-state index in [0.29, 0.717) is 19.3 Å². The van der Waals surface area contributed by atoms with Crippen molar-refractivity contribution < 1.29 is 56.4 Å². The van der Waals surface area contributed by atoms with E-state index in [1.807, 2.05) is 27.7 Å². The summed E-state index contributed by atoms with van der Waals surface area (Å²) in [5.74, 6) is -9.24. The lowest BCUT2D eigenvalue weighted by Crippen LogP contribution is -2.61. The van der Waals surface area contributed by atoms with Gasteiger partial charge in [0.2, 0.25) is 6.10 Å². The molecule has 0 radical (unpaired) electrons. The summed E-state index contributed by atoms with van der Waals surface area (Å²) in [5, 5.41) is 0. The van der Waals surface area contributed by atoms with Crippen LogP contribution in [0, 0.1) is 34.0 Å². The Balaban J connectivity index is 1.19. The highest BCUT2D eigenvalue weighted by molar-refractivity contribution is 6.03. The van der Waals surface area contributed by atoms with Gasteiger partial charge in [-0.1, -0.05) is 27.7 Å². The molecule has 12 heteroatoms. The Morgan fingerprint density at radius 3 is 2.36 bits per heavy atom. The molecule has 3 saturated heterocycles. The second kappa shape index (κ2) is 9.12. The molecule has 216 valence electrons. The van der Waals surface area contributed by atoms with Gasteiger partial charge in [0.05, 0.1) is 12.0 Å². The number of hydrogen-bond acceptors (Lipinski definition) is 10. The highest BCUT2D eigenvalue weighted by atomic mass is 19.3. The van der Waals surface area contributed by atoms with Gasteiger partial charge in [-0.3, -0.25) is 19.2 Å². The SMILES string of the molecule is CC1CC1(CC(C)(C)C)C(=O)OCC(F)(F)CC(=O)OC1C2OC(=O)C3(C(=O)OC4CCOC4=O)CC2CC13. The zero-order valence-electron chi connectivity index (χ0n) is 22.5. The first-order chi connectivity index (χ1) is 18.1. The molecule has 0 aromatic rings. The van der Waals surface area contributed by atoms with E-state index < -0.39 is 83.9 Å². The molecule has 6 fully saturated rings. The van der Waals surface area contributed by atoms with Crippen molar-refractivity contribution in [3.8, 4) is 0 Å². The normalized spacial score (nSPS) is 38.3. The largest absolute Gasteiger partial charge is 0.463 e. The van der Waals surface area contributed by atoms with E-state index in [1.54, 1.807) is 0 Å². The zero-order chi connectivity index (χ0) is 28.5. The first kappa shape index (κ1) is 27.8. The van der Waals surface area contributed by atoms with Crippen molar-refractivity contribution in [1.82, 2.24) is 0 Å². The first-order valence-corrected chi connectivity index (χ1v) is 13.4. The third-order valence-corrected chi connectivity index (χ3v) is 8.86. The van der Waals surface area contributed by atoms with Gasteiger partial charge in [-0.05, 0) is 37.0 Å². The van der Waals surface area contributed by atoms with Gasteiger partial charge in [0.1, 0.15) is 18.6 Å². The maximum Gasteiger partial charge on any atom is 0.347 e. The van der Waals surface area contributed by atoms with Crippen LogP contribution < -0.4 is 0 Å². The minimum atomic E-state index is -3.68. The van der Waals surface area contributed by atoms with E-state index in [2.05, 4.69) is 0 Å². The molecule has 10 nitrogen and oxygen atoms in total. The van der Waals surface area contributed by atoms with E-state index in [9.17, 15) is 32.8 Å². The minimum Gasteiger partial charge on any atom is -0.463 e. The summed E-state index contributed by atoms with van der Waals surface area (Å²) in [6, 6.07) is 0. The highest BCUT2D eigenvalue weighted by Gasteiger charge is 2.75. The summed E-state index contributed by atoms with van der Waals surface area (Å²) in [6.45, 7) is 6.59. The van der Waals surface area contributed by atoms with Crippen LogP contribution in [0.3, 0.4) is 0 Å². The number of carbonyl (C=O) groups excluding carboxylic acids is 5. The Morgan fingerprint density at radius 2 is 1.77 bits per heavy atom. The molecule has 3 aliphatic heterocycles. The summed E-state index contributed by atoms with van der Waals surface area (Å²) < 4.78 is 55.2. The third kappa shape index (κ3) is 4.77. The van der Waals surface area contributed by atoms with Crippen molar-refractivity contribution in [3.05, 3.63) is 0 Å². The second-order valence-electron chi connectivity index (χ2n) is 13.1. The fourth-order valence-corrected chi connectivity index (χ4v) is 7.06. The summed E-state index contributed by atoms with van der Waals surface area (Å²) in [6.07, 6.45) is -2.80. The standard InChI is InChI=1S/C27H34F2O10/c1-13-8-25(13,11-24(2,3)4)21(32)36-12-26(28,29)10-17(30)38-19-15-7-14-9-27(15,23(34)39-18(14)19)22(33)37-16-5-6-35-20(16)31/h13-16,18-19H,5-12H2,1-4H3. The van der Waals surface area contributed by atoms with Crippen molar-refractivity contribution in [2.24, 2.45) is 34.0 Å². The summed E-state index contributed by atoms with van der Waals surface area (Å²) in [7, 11) is 0. The van der Waals surface area contributed by atoms with Crippen LogP contribution in [0.2, 0.25) is 0 Å². The van der Waals surface area contributed by atoms with Crippen LogP contribution in [-0.4, -0.2) is 67.3 Å². The fourth-order valence-electron chi connectivity index (χ4n) is 7.06. The number of cyclic esters (lactones) is 1. The van der Waals surface area contributed by atoms with Crippen LogP contribution in [-0.2, 0) is 47.7 Å². The Labute approximate surface area is 224 Å². The van der Waals surface area contributed by atoms with Gasteiger partial charge in [-0.25, -0.2) is 13.6 Å². The molecule has 3 aliphatic carbocycles. The second-order valence-corrected chi connectivity index (χ2v) is 13.1. The van der Waals surface area contributed by atoms with Crippen LogP contribution in [0.25, 0.3) is 0 Å². The molecule has 3 saturated carbocycles. The molecule has 0 amide bonds. The molecule has 8 atom stereocenters. The summed E-state index contributed by atoms with van der Waals surface area (Å²) in [5.41, 5.74) is -2.75. The van der Waals surface area contributed by atoms with Crippen molar-refractivity contribution >= 4 is 29.8 Å². The quantitative estimate of drug-likeness (QED) is 0.237. The van der Waals surface area contributed by atoms with Crippen molar-refractivity contribution in [3.63, 3.8) is 0 Å². The minimum absolute atomic E-state index is 0.0251. The van der Waals surface area contributed by atoms with Crippen molar-refractivity contribution in [2.45, 2.75) is 90.5 Å². The number of fused-ring (bicyclic) bond motifs is 1. The molecule has 6 aliphatic rings. The van der Waals surface area contributed by atoms with Crippen LogP contribution in [0.15, 0.2) is 0 Å². The molecule has 0 spiro atoms. The molecule has 0 aromatic carbocycles. The molecule has 39 heavy (non-hydrogen) atoms. The topological polar surface area (TPSA) is 132 Å². The van der Waals surface area contributed by atoms with Crippen LogP contribution >= 0.6 is 0 Å². The molecule has 6 rings (SSSR count). The van der Waals surface area contributed by atoms with Crippen molar-refractivity contribution in [1.29, 1.82) is 0 Å². The van der Waals surface area contributed by atoms with E-state index in [0.717, 1.165) is 0 Å². The average molecular weight is 557 g/mol. The molecule has 0 N–H and O–H groups in total. The van der Waals surface area contributed by atoms with Gasteiger partial charge in [-0.2, -0.15) is 0 Å². The fraction of sp³-hybridized carbons (Fsp3) is 0.815. The van der Waals surface area contributed by atoms with Gasteiger partial charge in [0.15, 0.2) is 12.0 Å². The monoisotopic (exact) mass is 556 g/mol. The van der Waals surface area contributed by atoms with Gasteiger partial charge in [-0.15, -0.1) is 0 Å². The van der Waals surface area contributed by atoms with E-state index in [1.165, 1.54) is 0 Å². The highest BCUT2D eigenvalue weighted by Crippen LogP contribution is 2.63. The molecule has 0 aromatic heterocycles. The number of halogens is 2. The van der Waals surface area contributed by atoms with Gasteiger partial charge in [0, 0.05) is 18.3 Å². The molecule has 3 heterocycles. The molecule has 8 unspecified atom stereocenters.